The number of aryl methyl sites for hydroxylation is 1. The molecule has 38 heavy (non-hydrogen) atoms. The molecule has 10 nitrogen and oxygen atoms in total. The zero-order valence-electron chi connectivity index (χ0n) is 22.4. The molecule has 4 rings (SSSR count). The number of hydrogen-bond donors (Lipinski definition) is 2. The number of rotatable bonds is 8. The molecule has 0 spiro atoms. The maximum Gasteiger partial charge on any atom is 0.421 e. The van der Waals surface area contributed by atoms with E-state index in [0.29, 0.717) is 31.8 Å². The Morgan fingerprint density at radius 2 is 1.95 bits per heavy atom. The lowest BCUT2D eigenvalue weighted by Crippen LogP contribution is -2.45. The zero-order chi connectivity index (χ0) is 27.5. The average Bonchev–Trinajstić information content (AvgIpc) is 3.15. The third kappa shape index (κ3) is 6.73. The normalized spacial score (nSPS) is 19.4. The number of aromatic nitrogens is 4. The van der Waals surface area contributed by atoms with Crippen LogP contribution in [0.15, 0.2) is 12.4 Å². The molecule has 0 aromatic carbocycles. The summed E-state index contributed by atoms with van der Waals surface area (Å²) in [6.45, 7) is 8.95. The van der Waals surface area contributed by atoms with Crippen molar-refractivity contribution in [3.8, 4) is 0 Å². The number of anilines is 3. The molecule has 0 bridgehead atoms. The third-order valence-corrected chi connectivity index (χ3v) is 7.05. The minimum Gasteiger partial charge on any atom is -0.369 e. The number of piperidine rings is 1. The van der Waals surface area contributed by atoms with E-state index in [1.807, 2.05) is 17.8 Å². The van der Waals surface area contributed by atoms with Crippen LogP contribution in [0.1, 0.15) is 56.8 Å². The largest absolute Gasteiger partial charge is 0.421 e. The van der Waals surface area contributed by atoms with E-state index < -0.39 is 17.3 Å². The van der Waals surface area contributed by atoms with Crippen LogP contribution in [0, 0.1) is 6.92 Å². The summed E-state index contributed by atoms with van der Waals surface area (Å²) < 4.78 is 48.5. The van der Waals surface area contributed by atoms with Crippen LogP contribution in [0.2, 0.25) is 0 Å². The molecule has 0 aliphatic carbocycles. The number of likely N-dealkylation sites (tertiary alicyclic amines) is 1. The van der Waals surface area contributed by atoms with Gasteiger partial charge in [0.05, 0.1) is 17.4 Å². The molecule has 2 N–H and O–H groups in total. The highest BCUT2D eigenvalue weighted by molar-refractivity contribution is 5.84. The van der Waals surface area contributed by atoms with Gasteiger partial charge < -0.3 is 25.2 Å². The van der Waals surface area contributed by atoms with Crippen molar-refractivity contribution in [1.29, 1.82) is 0 Å². The Labute approximate surface area is 220 Å². The molecule has 2 fully saturated rings. The Bertz CT molecular complexity index is 1110. The summed E-state index contributed by atoms with van der Waals surface area (Å²) in [5.74, 6) is -0.370. The van der Waals surface area contributed by atoms with Gasteiger partial charge in [-0.25, -0.2) is 4.98 Å². The first-order valence-electron chi connectivity index (χ1n) is 13.1. The van der Waals surface area contributed by atoms with Crippen molar-refractivity contribution < 1.29 is 22.7 Å². The highest BCUT2D eigenvalue weighted by Crippen LogP contribution is 2.34. The van der Waals surface area contributed by atoms with Crippen molar-refractivity contribution in [1.82, 2.24) is 29.5 Å². The summed E-state index contributed by atoms with van der Waals surface area (Å²) in [4.78, 5) is 24.7. The Morgan fingerprint density at radius 1 is 1.21 bits per heavy atom. The van der Waals surface area contributed by atoms with E-state index in [0.717, 1.165) is 44.2 Å². The summed E-state index contributed by atoms with van der Waals surface area (Å²) in [6, 6.07) is 0.277. The highest BCUT2D eigenvalue weighted by atomic mass is 19.4. The van der Waals surface area contributed by atoms with Crippen LogP contribution in [0.3, 0.4) is 0 Å². The first kappa shape index (κ1) is 28.1. The second-order valence-electron chi connectivity index (χ2n) is 10.5. The van der Waals surface area contributed by atoms with Gasteiger partial charge in [0.25, 0.3) is 5.91 Å². The van der Waals surface area contributed by atoms with Gasteiger partial charge in [-0.1, -0.05) is 0 Å². The Hall–Kier alpha value is -2.93. The van der Waals surface area contributed by atoms with Crippen LogP contribution in [-0.4, -0.2) is 87.4 Å². The van der Waals surface area contributed by atoms with Gasteiger partial charge >= 0.3 is 6.18 Å². The predicted octanol–water partition coefficient (Wildman–Crippen LogP) is 3.84. The molecule has 4 heterocycles. The SMILES string of the molecule is Cc1nn(C2CCN(C)CC2)cc1Nc1ncc(C(F)(F)F)c(NCCCN2CCCOC(C)(C)C2=O)n1. The van der Waals surface area contributed by atoms with Gasteiger partial charge in [0.2, 0.25) is 5.95 Å². The van der Waals surface area contributed by atoms with Crippen LogP contribution in [0.25, 0.3) is 0 Å². The molecule has 2 aliphatic rings. The topological polar surface area (TPSA) is 100 Å². The molecule has 1 amide bonds. The average molecular weight is 539 g/mol. The van der Waals surface area contributed by atoms with Crippen molar-refractivity contribution in [3.63, 3.8) is 0 Å². The van der Waals surface area contributed by atoms with Gasteiger partial charge in [-0.3, -0.25) is 9.48 Å². The molecule has 0 radical (unpaired) electrons. The number of hydrogen-bond acceptors (Lipinski definition) is 8. The molecule has 0 atom stereocenters. The number of amides is 1. The van der Waals surface area contributed by atoms with E-state index >= 15 is 0 Å². The molecule has 0 unspecified atom stereocenters. The minimum absolute atomic E-state index is 0.0492. The van der Waals surface area contributed by atoms with E-state index in [9.17, 15) is 18.0 Å². The third-order valence-electron chi connectivity index (χ3n) is 7.05. The summed E-state index contributed by atoms with van der Waals surface area (Å²) in [7, 11) is 2.09. The number of carbonyl (C=O) groups excluding carboxylic acids is 1. The van der Waals surface area contributed by atoms with Gasteiger partial charge in [0.15, 0.2) is 0 Å². The molecule has 2 aliphatic heterocycles. The molecule has 2 saturated heterocycles. The fraction of sp³-hybridized carbons (Fsp3) is 0.680. The molecule has 210 valence electrons. The molecular formula is C25H37F3N8O2. The van der Waals surface area contributed by atoms with E-state index in [-0.39, 0.29) is 30.3 Å². The van der Waals surface area contributed by atoms with Crippen LogP contribution < -0.4 is 10.6 Å². The summed E-state index contributed by atoms with van der Waals surface area (Å²) in [6.07, 6.45) is 1.17. The quantitative estimate of drug-likeness (QED) is 0.489. The Morgan fingerprint density at radius 3 is 2.66 bits per heavy atom. The van der Waals surface area contributed by atoms with E-state index in [2.05, 4.69) is 37.6 Å². The number of halogens is 3. The fourth-order valence-corrected chi connectivity index (χ4v) is 4.77. The van der Waals surface area contributed by atoms with E-state index in [1.165, 1.54) is 0 Å². The van der Waals surface area contributed by atoms with Crippen molar-refractivity contribution in [3.05, 3.63) is 23.7 Å². The Kier molecular flexibility index (Phi) is 8.46. The predicted molar refractivity (Wildman–Crippen MR) is 137 cm³/mol. The lowest BCUT2D eigenvalue weighted by Gasteiger charge is -2.28. The van der Waals surface area contributed by atoms with Crippen molar-refractivity contribution in [2.24, 2.45) is 0 Å². The maximum atomic E-state index is 13.7. The molecule has 2 aromatic rings. The number of nitrogens with one attached hydrogen (secondary N) is 2. The number of alkyl halides is 3. The van der Waals surface area contributed by atoms with E-state index in [4.69, 9.17) is 4.74 Å². The zero-order valence-corrected chi connectivity index (χ0v) is 22.4. The standard InChI is InChI=1S/C25H37F3N8O2/c1-17-20(16-36(33-17)18-7-12-34(4)13-8-18)31-23-30-15-19(25(26,27)28)21(32-23)29-9-5-10-35-11-6-14-38-24(2,3)22(35)37/h15-16,18H,5-14H2,1-4H3,(H2,29,30,31,32). The van der Waals surface area contributed by atoms with Gasteiger partial charge in [-0.05, 0) is 66.6 Å². The fourth-order valence-electron chi connectivity index (χ4n) is 4.77. The van der Waals surface area contributed by atoms with Crippen LogP contribution in [0.5, 0.6) is 0 Å². The molecule has 2 aromatic heterocycles. The number of nitrogens with zero attached hydrogens (tertiary/aromatic N) is 6. The maximum absolute atomic E-state index is 13.7. The molecular weight excluding hydrogens is 501 g/mol. The van der Waals surface area contributed by atoms with Gasteiger partial charge in [-0.15, -0.1) is 0 Å². The summed E-state index contributed by atoms with van der Waals surface area (Å²) in [5.41, 5.74) is -0.475. The first-order chi connectivity index (χ1) is 17.9. The number of carbonyl (C=O) groups is 1. The summed E-state index contributed by atoms with van der Waals surface area (Å²) in [5, 5.41) is 10.4. The second-order valence-corrected chi connectivity index (χ2v) is 10.5. The molecule has 0 saturated carbocycles. The minimum atomic E-state index is -4.61. The highest BCUT2D eigenvalue weighted by Gasteiger charge is 2.36. The lowest BCUT2D eigenvalue weighted by molar-refractivity contribution is -0.149. The monoisotopic (exact) mass is 538 g/mol. The van der Waals surface area contributed by atoms with Crippen molar-refractivity contribution in [2.75, 3.05) is 57.0 Å². The van der Waals surface area contributed by atoms with Crippen LogP contribution >= 0.6 is 0 Å². The lowest BCUT2D eigenvalue weighted by atomic mass is 10.1. The van der Waals surface area contributed by atoms with Crippen molar-refractivity contribution in [2.45, 2.75) is 64.3 Å². The molecule has 13 heteroatoms. The van der Waals surface area contributed by atoms with E-state index in [1.54, 1.807) is 18.7 Å². The number of ether oxygens (including phenoxy) is 1. The van der Waals surface area contributed by atoms with Crippen LogP contribution in [0.4, 0.5) is 30.6 Å². The van der Waals surface area contributed by atoms with Gasteiger partial charge in [-0.2, -0.15) is 23.3 Å². The van der Waals surface area contributed by atoms with Crippen LogP contribution in [-0.2, 0) is 15.7 Å². The van der Waals surface area contributed by atoms with Crippen molar-refractivity contribution >= 4 is 23.4 Å². The summed E-state index contributed by atoms with van der Waals surface area (Å²) >= 11 is 0. The smallest absolute Gasteiger partial charge is 0.369 e. The van der Waals surface area contributed by atoms with Gasteiger partial charge in [0.1, 0.15) is 17.0 Å². The second kappa shape index (κ2) is 11.4. The Balaban J connectivity index is 1.42. The first-order valence-corrected chi connectivity index (χ1v) is 13.1. The van der Waals surface area contributed by atoms with Gasteiger partial charge in [0, 0.05) is 38.6 Å².